The number of ether oxygens (including phenoxy) is 1. The molecule has 16 heavy (non-hydrogen) atoms. The Hall–Kier alpha value is -0.530. The van der Waals surface area contributed by atoms with Crippen LogP contribution in [0, 0.1) is 0 Å². The first kappa shape index (κ1) is 11.9. The van der Waals surface area contributed by atoms with Crippen molar-refractivity contribution in [2.75, 3.05) is 19.1 Å². The van der Waals surface area contributed by atoms with Gasteiger partial charge in [-0.2, -0.15) is 0 Å². The van der Waals surface area contributed by atoms with Gasteiger partial charge in [0.05, 0.1) is 13.2 Å². The van der Waals surface area contributed by atoms with Crippen molar-refractivity contribution in [2.24, 2.45) is 0 Å². The maximum atomic E-state index is 5.87. The van der Waals surface area contributed by atoms with Crippen molar-refractivity contribution in [3.8, 4) is 0 Å². The first-order valence-electron chi connectivity index (χ1n) is 5.92. The summed E-state index contributed by atoms with van der Waals surface area (Å²) in [6.07, 6.45) is 1.01. The van der Waals surface area contributed by atoms with E-state index in [4.69, 9.17) is 16.3 Å². The summed E-state index contributed by atoms with van der Waals surface area (Å²) in [5.74, 6) is 1.30. The van der Waals surface area contributed by atoms with Crippen molar-refractivity contribution in [3.63, 3.8) is 0 Å². The highest BCUT2D eigenvalue weighted by atomic mass is 35.5. The summed E-state index contributed by atoms with van der Waals surface area (Å²) in [4.78, 5) is 0. The van der Waals surface area contributed by atoms with E-state index in [0.29, 0.717) is 11.8 Å². The van der Waals surface area contributed by atoms with Crippen LogP contribution in [0.5, 0.6) is 0 Å². The zero-order chi connectivity index (χ0) is 11.6. The lowest BCUT2D eigenvalue weighted by Crippen LogP contribution is -2.47. The SMILES string of the molecule is CC(C)c1ccc(C2(CCCl)COC2)cc1. The first-order valence-corrected chi connectivity index (χ1v) is 6.45. The van der Waals surface area contributed by atoms with Crippen LogP contribution >= 0.6 is 11.6 Å². The van der Waals surface area contributed by atoms with Gasteiger partial charge in [-0.25, -0.2) is 0 Å². The number of alkyl halides is 1. The fraction of sp³-hybridized carbons (Fsp3) is 0.571. The molecule has 1 nitrogen and oxygen atoms in total. The molecule has 0 bridgehead atoms. The van der Waals surface area contributed by atoms with Crippen molar-refractivity contribution >= 4 is 11.6 Å². The molecule has 0 saturated carbocycles. The third-order valence-electron chi connectivity index (χ3n) is 3.52. The Balaban J connectivity index is 2.20. The Labute approximate surface area is 103 Å². The number of hydrogen-bond donors (Lipinski definition) is 0. The standard InChI is InChI=1S/C14H19ClO/c1-11(2)12-3-5-13(6-4-12)14(7-8-15)9-16-10-14/h3-6,11H,7-10H2,1-2H3. The van der Waals surface area contributed by atoms with Crippen LogP contribution in [0.25, 0.3) is 0 Å². The summed E-state index contributed by atoms with van der Waals surface area (Å²) < 4.78 is 5.36. The highest BCUT2D eigenvalue weighted by Gasteiger charge is 2.39. The summed E-state index contributed by atoms with van der Waals surface area (Å²) >= 11 is 5.87. The van der Waals surface area contributed by atoms with Crippen LogP contribution in [0.15, 0.2) is 24.3 Å². The minimum atomic E-state index is 0.192. The van der Waals surface area contributed by atoms with Gasteiger partial charge in [0.2, 0.25) is 0 Å². The number of benzene rings is 1. The average Bonchev–Trinajstić information content (AvgIpc) is 2.23. The zero-order valence-corrected chi connectivity index (χ0v) is 10.8. The lowest BCUT2D eigenvalue weighted by Gasteiger charge is -2.41. The normalized spacial score (nSPS) is 18.5. The third kappa shape index (κ3) is 2.11. The molecule has 0 N–H and O–H groups in total. The molecule has 1 aliphatic rings. The third-order valence-corrected chi connectivity index (χ3v) is 3.71. The van der Waals surface area contributed by atoms with E-state index in [-0.39, 0.29) is 5.41 Å². The Morgan fingerprint density at radius 1 is 1.25 bits per heavy atom. The molecule has 1 aromatic rings. The molecule has 2 heteroatoms. The maximum absolute atomic E-state index is 5.87. The molecule has 0 atom stereocenters. The van der Waals surface area contributed by atoms with Gasteiger partial charge in [0.1, 0.15) is 0 Å². The largest absolute Gasteiger partial charge is 0.379 e. The fourth-order valence-corrected chi connectivity index (χ4v) is 2.57. The van der Waals surface area contributed by atoms with Crippen LogP contribution in [-0.2, 0) is 10.2 Å². The van der Waals surface area contributed by atoms with Gasteiger partial charge in [0.15, 0.2) is 0 Å². The summed E-state index contributed by atoms with van der Waals surface area (Å²) in [6, 6.07) is 8.94. The van der Waals surface area contributed by atoms with E-state index in [2.05, 4.69) is 38.1 Å². The van der Waals surface area contributed by atoms with Crippen LogP contribution in [0.1, 0.15) is 37.3 Å². The molecular formula is C14H19ClO. The second-order valence-corrected chi connectivity index (χ2v) is 5.37. The highest BCUT2D eigenvalue weighted by molar-refractivity contribution is 6.17. The second-order valence-electron chi connectivity index (χ2n) is 4.99. The minimum absolute atomic E-state index is 0.192. The molecule has 1 fully saturated rings. The van der Waals surface area contributed by atoms with Gasteiger partial charge in [-0.1, -0.05) is 38.1 Å². The molecule has 1 aliphatic heterocycles. The zero-order valence-electron chi connectivity index (χ0n) is 10.0. The summed E-state index contributed by atoms with van der Waals surface area (Å²) in [5, 5.41) is 0. The Bertz CT molecular complexity index is 338. The molecule has 0 spiro atoms. The van der Waals surface area contributed by atoms with E-state index in [1.165, 1.54) is 11.1 Å². The molecule has 0 radical (unpaired) electrons. The molecule has 1 heterocycles. The molecule has 0 amide bonds. The monoisotopic (exact) mass is 238 g/mol. The predicted molar refractivity (Wildman–Crippen MR) is 68.4 cm³/mol. The van der Waals surface area contributed by atoms with Gasteiger partial charge in [0, 0.05) is 11.3 Å². The van der Waals surface area contributed by atoms with Crippen molar-refractivity contribution in [3.05, 3.63) is 35.4 Å². The molecule has 2 rings (SSSR count). The second kappa shape index (κ2) is 4.77. The molecule has 0 aliphatic carbocycles. The van der Waals surface area contributed by atoms with Crippen molar-refractivity contribution < 1.29 is 4.74 Å². The lowest BCUT2D eigenvalue weighted by atomic mass is 9.76. The van der Waals surface area contributed by atoms with E-state index in [9.17, 15) is 0 Å². The van der Waals surface area contributed by atoms with Crippen LogP contribution < -0.4 is 0 Å². The molecular weight excluding hydrogens is 220 g/mol. The quantitative estimate of drug-likeness (QED) is 0.727. The van der Waals surface area contributed by atoms with E-state index < -0.39 is 0 Å². The average molecular weight is 239 g/mol. The van der Waals surface area contributed by atoms with Crippen molar-refractivity contribution in [1.82, 2.24) is 0 Å². The van der Waals surface area contributed by atoms with Crippen molar-refractivity contribution in [2.45, 2.75) is 31.6 Å². The van der Waals surface area contributed by atoms with Gasteiger partial charge in [-0.15, -0.1) is 11.6 Å². The Morgan fingerprint density at radius 3 is 2.25 bits per heavy atom. The molecule has 1 saturated heterocycles. The number of rotatable bonds is 4. The summed E-state index contributed by atoms with van der Waals surface area (Å²) in [6.45, 7) is 6.08. The van der Waals surface area contributed by atoms with Crippen LogP contribution in [0.3, 0.4) is 0 Å². The van der Waals surface area contributed by atoms with E-state index >= 15 is 0 Å². The predicted octanol–water partition coefficient (Wildman–Crippen LogP) is 3.71. The molecule has 1 aromatic carbocycles. The molecule has 88 valence electrons. The topological polar surface area (TPSA) is 9.23 Å². The summed E-state index contributed by atoms with van der Waals surface area (Å²) in [5.41, 5.74) is 2.96. The van der Waals surface area contributed by atoms with E-state index in [1.807, 2.05) is 0 Å². The molecule has 0 unspecified atom stereocenters. The fourth-order valence-electron chi connectivity index (χ4n) is 2.21. The number of halogens is 1. The Kier molecular flexibility index (Phi) is 3.56. The van der Waals surface area contributed by atoms with Gasteiger partial charge in [0.25, 0.3) is 0 Å². The van der Waals surface area contributed by atoms with Gasteiger partial charge < -0.3 is 4.74 Å². The lowest BCUT2D eigenvalue weighted by molar-refractivity contribution is -0.0615. The number of hydrogen-bond acceptors (Lipinski definition) is 1. The Morgan fingerprint density at radius 2 is 1.88 bits per heavy atom. The maximum Gasteiger partial charge on any atom is 0.0586 e. The molecule has 0 aromatic heterocycles. The highest BCUT2D eigenvalue weighted by Crippen LogP contribution is 2.36. The van der Waals surface area contributed by atoms with E-state index in [0.717, 1.165) is 19.6 Å². The van der Waals surface area contributed by atoms with Crippen LogP contribution in [0.2, 0.25) is 0 Å². The minimum Gasteiger partial charge on any atom is -0.379 e. The summed E-state index contributed by atoms with van der Waals surface area (Å²) in [7, 11) is 0. The van der Waals surface area contributed by atoms with Gasteiger partial charge >= 0.3 is 0 Å². The van der Waals surface area contributed by atoms with Gasteiger partial charge in [-0.05, 0) is 23.5 Å². The van der Waals surface area contributed by atoms with Crippen molar-refractivity contribution in [1.29, 1.82) is 0 Å². The van der Waals surface area contributed by atoms with Gasteiger partial charge in [-0.3, -0.25) is 0 Å². The first-order chi connectivity index (χ1) is 7.68. The van der Waals surface area contributed by atoms with Crippen LogP contribution in [0.4, 0.5) is 0 Å². The van der Waals surface area contributed by atoms with Crippen LogP contribution in [-0.4, -0.2) is 19.1 Å². The smallest absolute Gasteiger partial charge is 0.0586 e. The van der Waals surface area contributed by atoms with E-state index in [1.54, 1.807) is 0 Å².